The minimum Gasteiger partial charge on any atom is -0.516 e. The summed E-state index contributed by atoms with van der Waals surface area (Å²) in [5, 5.41) is 19.4. The summed E-state index contributed by atoms with van der Waals surface area (Å²) < 4.78 is 0. The van der Waals surface area contributed by atoms with Gasteiger partial charge in [-0.2, -0.15) is 5.10 Å². The predicted octanol–water partition coefficient (Wildman–Crippen LogP) is 4.94. The van der Waals surface area contributed by atoms with E-state index in [0.717, 1.165) is 36.2 Å². The predicted molar refractivity (Wildman–Crippen MR) is 116 cm³/mol. The SMILES string of the molecule is C#CC1(C)/C(CC)=N\N(/C=C(\Cl)C/C=C(C)\C=C\O)C/N=C(/CC)NC1C. The highest BCUT2D eigenvalue weighted by molar-refractivity contribution is 6.29. The minimum atomic E-state index is -0.532. The highest BCUT2D eigenvalue weighted by Gasteiger charge is 2.35. The summed E-state index contributed by atoms with van der Waals surface area (Å²) in [7, 11) is 0. The fraction of sp³-hybridized carbons (Fsp3) is 0.524. The Balaban J connectivity index is 3.25. The van der Waals surface area contributed by atoms with Gasteiger partial charge in [-0.25, -0.2) is 10.0 Å². The van der Waals surface area contributed by atoms with E-state index in [1.165, 1.54) is 0 Å². The van der Waals surface area contributed by atoms with Crippen LogP contribution in [-0.2, 0) is 0 Å². The lowest BCUT2D eigenvalue weighted by molar-refractivity contribution is 0.397. The lowest BCUT2D eigenvalue weighted by atomic mass is 9.78. The zero-order valence-electron chi connectivity index (χ0n) is 17.0. The molecule has 0 aliphatic carbocycles. The van der Waals surface area contributed by atoms with E-state index in [-0.39, 0.29) is 6.04 Å². The number of aliphatic imine (C=N–C) groups is 1. The maximum absolute atomic E-state index is 8.81. The van der Waals surface area contributed by atoms with E-state index in [4.69, 9.17) is 28.2 Å². The van der Waals surface area contributed by atoms with Gasteiger partial charge in [-0.05, 0) is 33.3 Å². The number of hydrogen-bond acceptors (Lipinski definition) is 5. The molecule has 1 heterocycles. The first-order valence-corrected chi connectivity index (χ1v) is 9.64. The molecule has 27 heavy (non-hydrogen) atoms. The highest BCUT2D eigenvalue weighted by Crippen LogP contribution is 2.27. The third kappa shape index (κ3) is 6.48. The summed E-state index contributed by atoms with van der Waals surface area (Å²) >= 11 is 6.40. The van der Waals surface area contributed by atoms with Gasteiger partial charge in [0.25, 0.3) is 0 Å². The van der Waals surface area contributed by atoms with Crippen LogP contribution in [0.4, 0.5) is 0 Å². The summed E-state index contributed by atoms with van der Waals surface area (Å²) in [5.74, 6) is 3.83. The highest BCUT2D eigenvalue weighted by atomic mass is 35.5. The molecule has 0 spiro atoms. The van der Waals surface area contributed by atoms with Crippen molar-refractivity contribution in [2.24, 2.45) is 15.5 Å². The second-order valence-electron chi connectivity index (χ2n) is 6.70. The van der Waals surface area contributed by atoms with Crippen molar-refractivity contribution in [3.63, 3.8) is 0 Å². The second-order valence-corrected chi connectivity index (χ2v) is 7.18. The molecule has 0 saturated carbocycles. The molecule has 2 unspecified atom stereocenters. The lowest BCUT2D eigenvalue weighted by Gasteiger charge is -2.33. The summed E-state index contributed by atoms with van der Waals surface area (Å²) in [6, 6.07) is 0.00940. The van der Waals surface area contributed by atoms with Crippen molar-refractivity contribution in [3.8, 4) is 12.3 Å². The molecule has 0 fully saturated rings. The standard InChI is InChI=1S/C21H31ClN4O/c1-7-19-21(6,9-3)17(5)24-20(8-2)23-15-26(25-19)14-18(22)11-10-16(4)12-13-27/h3,10,12-14,17,27H,7-8,11,15H2,1-2,4-6H3,(H,23,24)/b13-12+,16-10-,18-14-,25-19-. The van der Waals surface area contributed by atoms with Gasteiger partial charge in [-0.1, -0.05) is 43.0 Å². The van der Waals surface area contributed by atoms with Gasteiger partial charge in [0, 0.05) is 30.1 Å². The second kappa shape index (κ2) is 10.8. The number of nitrogens with one attached hydrogen (secondary N) is 1. The van der Waals surface area contributed by atoms with Crippen molar-refractivity contribution in [2.45, 2.75) is 59.9 Å². The van der Waals surface area contributed by atoms with E-state index in [9.17, 15) is 0 Å². The van der Waals surface area contributed by atoms with Gasteiger partial charge in [0.05, 0.1) is 23.2 Å². The molecular weight excluding hydrogens is 360 g/mol. The number of halogens is 1. The quantitative estimate of drug-likeness (QED) is 0.383. The van der Waals surface area contributed by atoms with Gasteiger partial charge in [-0.15, -0.1) is 6.42 Å². The molecule has 0 aromatic heterocycles. The van der Waals surface area contributed by atoms with Crippen LogP contribution in [0.15, 0.2) is 45.3 Å². The van der Waals surface area contributed by atoms with Crippen LogP contribution in [0.2, 0.25) is 0 Å². The summed E-state index contributed by atoms with van der Waals surface area (Å²) in [4.78, 5) is 4.63. The first-order chi connectivity index (χ1) is 12.8. The topological polar surface area (TPSA) is 60.2 Å². The Labute approximate surface area is 168 Å². The Kier molecular flexibility index (Phi) is 9.17. The molecule has 2 atom stereocenters. The monoisotopic (exact) mass is 390 g/mol. The fourth-order valence-corrected chi connectivity index (χ4v) is 2.92. The molecule has 1 rings (SSSR count). The third-order valence-corrected chi connectivity index (χ3v) is 4.97. The largest absolute Gasteiger partial charge is 0.516 e. The molecule has 148 valence electrons. The van der Waals surface area contributed by atoms with E-state index in [2.05, 4.69) is 37.0 Å². The van der Waals surface area contributed by atoms with Crippen LogP contribution in [-0.4, -0.2) is 34.4 Å². The van der Waals surface area contributed by atoms with Crippen LogP contribution in [0, 0.1) is 17.8 Å². The summed E-state index contributed by atoms with van der Waals surface area (Å²) in [5.41, 5.74) is 1.31. The Hall–Kier alpha value is -2.19. The number of allylic oxidation sites excluding steroid dienone is 4. The van der Waals surface area contributed by atoms with Gasteiger partial charge in [0.15, 0.2) is 0 Å². The van der Waals surface area contributed by atoms with Crippen LogP contribution in [0.5, 0.6) is 0 Å². The normalized spacial score (nSPS) is 28.9. The molecule has 6 heteroatoms. The van der Waals surface area contributed by atoms with Crippen LogP contribution < -0.4 is 5.32 Å². The molecular formula is C21H31ClN4O. The fourth-order valence-electron chi connectivity index (χ4n) is 2.73. The zero-order valence-corrected chi connectivity index (χ0v) is 17.7. The molecule has 1 aliphatic heterocycles. The van der Waals surface area contributed by atoms with Crippen molar-refractivity contribution in [1.29, 1.82) is 0 Å². The van der Waals surface area contributed by atoms with E-state index in [1.54, 1.807) is 17.3 Å². The van der Waals surface area contributed by atoms with E-state index in [0.29, 0.717) is 18.1 Å². The van der Waals surface area contributed by atoms with Crippen LogP contribution in [0.3, 0.4) is 0 Å². The first-order valence-electron chi connectivity index (χ1n) is 9.26. The molecule has 0 bridgehead atoms. The minimum absolute atomic E-state index is 0.00940. The molecule has 0 radical (unpaired) electrons. The maximum Gasteiger partial charge on any atom is 0.133 e. The van der Waals surface area contributed by atoms with Crippen LogP contribution in [0.25, 0.3) is 0 Å². The van der Waals surface area contributed by atoms with Gasteiger partial charge in [0.2, 0.25) is 0 Å². The lowest BCUT2D eigenvalue weighted by Crippen LogP contribution is -2.47. The number of rotatable bonds is 6. The van der Waals surface area contributed by atoms with Crippen molar-refractivity contribution >= 4 is 23.1 Å². The smallest absolute Gasteiger partial charge is 0.133 e. The Bertz CT molecular complexity index is 699. The summed E-state index contributed by atoms with van der Waals surface area (Å²) in [6.45, 7) is 10.5. The Morgan fingerprint density at radius 3 is 2.74 bits per heavy atom. The zero-order chi connectivity index (χ0) is 20.4. The number of amidine groups is 1. The van der Waals surface area contributed by atoms with E-state index in [1.807, 2.05) is 19.9 Å². The van der Waals surface area contributed by atoms with Crippen molar-refractivity contribution in [1.82, 2.24) is 10.3 Å². The van der Waals surface area contributed by atoms with Gasteiger partial charge in [0.1, 0.15) is 6.67 Å². The first kappa shape index (κ1) is 22.9. The number of nitrogens with zero attached hydrogens (tertiary/aromatic N) is 3. The Morgan fingerprint density at radius 1 is 1.48 bits per heavy atom. The van der Waals surface area contributed by atoms with E-state index >= 15 is 0 Å². The average molecular weight is 391 g/mol. The number of aliphatic hydroxyl groups excluding tert-OH is 1. The molecule has 5 nitrogen and oxygen atoms in total. The van der Waals surface area contributed by atoms with E-state index < -0.39 is 5.41 Å². The van der Waals surface area contributed by atoms with Crippen molar-refractivity contribution in [2.75, 3.05) is 6.67 Å². The molecule has 0 saturated heterocycles. The third-order valence-electron chi connectivity index (χ3n) is 4.72. The number of terminal acetylenes is 1. The molecule has 0 aromatic carbocycles. The molecule has 2 N–H and O–H groups in total. The number of hydrogen-bond donors (Lipinski definition) is 2. The van der Waals surface area contributed by atoms with Gasteiger partial charge in [-0.3, -0.25) is 0 Å². The van der Waals surface area contributed by atoms with Gasteiger partial charge < -0.3 is 10.4 Å². The Morgan fingerprint density at radius 2 is 2.19 bits per heavy atom. The van der Waals surface area contributed by atoms with Crippen LogP contribution in [0.1, 0.15) is 53.9 Å². The van der Waals surface area contributed by atoms with Crippen molar-refractivity contribution < 1.29 is 5.11 Å². The maximum atomic E-state index is 8.81. The van der Waals surface area contributed by atoms with Crippen molar-refractivity contribution in [3.05, 3.63) is 35.2 Å². The average Bonchev–Trinajstić information content (AvgIpc) is 2.70. The van der Waals surface area contributed by atoms with Crippen LogP contribution >= 0.6 is 11.6 Å². The summed E-state index contributed by atoms with van der Waals surface area (Å²) in [6.07, 6.45) is 14.3. The molecule has 0 amide bonds. The molecule has 0 aromatic rings. The number of hydrazone groups is 1. The molecule has 1 aliphatic rings. The van der Waals surface area contributed by atoms with Gasteiger partial charge >= 0.3 is 0 Å². The number of aliphatic hydroxyl groups is 1.